The quantitative estimate of drug-likeness (QED) is 0.400. The summed E-state index contributed by atoms with van der Waals surface area (Å²) in [6.07, 6.45) is 4.21. The highest BCUT2D eigenvalue weighted by atomic mass is 127. The Labute approximate surface area is 148 Å². The Morgan fingerprint density at radius 2 is 2.09 bits per heavy atom. The number of halogens is 1. The maximum Gasteiger partial charge on any atom is 0.191 e. The molecule has 3 atom stereocenters. The van der Waals surface area contributed by atoms with Crippen LogP contribution in [0.1, 0.15) is 31.7 Å². The summed E-state index contributed by atoms with van der Waals surface area (Å²) < 4.78 is 5.87. The first kappa shape index (κ1) is 17.3. The van der Waals surface area contributed by atoms with Crippen molar-refractivity contribution in [3.8, 4) is 5.75 Å². The van der Waals surface area contributed by atoms with Crippen LogP contribution in [0.25, 0.3) is 0 Å². The van der Waals surface area contributed by atoms with E-state index in [1.807, 2.05) is 12.1 Å². The molecule has 3 rings (SSSR count). The van der Waals surface area contributed by atoms with Crippen molar-refractivity contribution in [3.05, 3.63) is 29.8 Å². The number of phenolic OH excluding ortho intramolecular Hbond substituents is 1. The maximum atomic E-state index is 9.29. The number of rotatable bonds is 4. The third-order valence-corrected chi connectivity index (χ3v) is 4.13. The van der Waals surface area contributed by atoms with Gasteiger partial charge in [-0.05, 0) is 43.9 Å². The normalized spacial score (nSPS) is 26.6. The van der Waals surface area contributed by atoms with Gasteiger partial charge in [0.25, 0.3) is 0 Å². The van der Waals surface area contributed by atoms with E-state index in [0.29, 0.717) is 24.8 Å². The van der Waals surface area contributed by atoms with E-state index in [4.69, 9.17) is 4.74 Å². The van der Waals surface area contributed by atoms with Gasteiger partial charge in [0.2, 0.25) is 0 Å². The van der Waals surface area contributed by atoms with E-state index in [1.165, 1.54) is 6.42 Å². The molecule has 22 heavy (non-hydrogen) atoms. The van der Waals surface area contributed by atoms with Crippen LogP contribution in [0.4, 0.5) is 0 Å². The molecule has 0 radical (unpaired) electrons. The molecule has 0 aliphatic carbocycles. The summed E-state index contributed by atoms with van der Waals surface area (Å²) in [4.78, 5) is 4.62. The summed E-state index contributed by atoms with van der Waals surface area (Å²) in [5, 5.41) is 16.1. The zero-order chi connectivity index (χ0) is 14.7. The molecule has 2 bridgehead atoms. The van der Waals surface area contributed by atoms with E-state index < -0.39 is 0 Å². The van der Waals surface area contributed by atoms with Gasteiger partial charge in [-0.15, -0.1) is 24.0 Å². The van der Waals surface area contributed by atoms with Gasteiger partial charge in [-0.2, -0.15) is 0 Å². The number of benzene rings is 1. The molecule has 2 heterocycles. The Morgan fingerprint density at radius 3 is 2.68 bits per heavy atom. The summed E-state index contributed by atoms with van der Waals surface area (Å²) >= 11 is 0. The molecule has 0 spiro atoms. The van der Waals surface area contributed by atoms with Crippen LogP contribution in [-0.2, 0) is 11.3 Å². The largest absolute Gasteiger partial charge is 0.508 e. The van der Waals surface area contributed by atoms with Gasteiger partial charge in [-0.1, -0.05) is 12.1 Å². The highest BCUT2D eigenvalue weighted by Crippen LogP contribution is 2.34. The number of guanidine groups is 1. The van der Waals surface area contributed by atoms with Crippen LogP contribution >= 0.6 is 24.0 Å². The molecule has 1 aromatic carbocycles. The molecule has 3 unspecified atom stereocenters. The summed E-state index contributed by atoms with van der Waals surface area (Å²) in [6, 6.07) is 7.54. The second-order valence-corrected chi connectivity index (χ2v) is 5.72. The van der Waals surface area contributed by atoms with Gasteiger partial charge in [0.15, 0.2) is 5.96 Å². The van der Waals surface area contributed by atoms with Gasteiger partial charge >= 0.3 is 0 Å². The maximum absolute atomic E-state index is 9.29. The topological polar surface area (TPSA) is 65.9 Å². The lowest BCUT2D eigenvalue weighted by Crippen LogP contribution is -2.47. The Balaban J connectivity index is 0.00000176. The van der Waals surface area contributed by atoms with E-state index >= 15 is 0 Å². The molecule has 3 N–H and O–H groups in total. The number of hydrogen-bond acceptors (Lipinski definition) is 3. The lowest BCUT2D eigenvalue weighted by Gasteiger charge is -2.22. The van der Waals surface area contributed by atoms with Crippen molar-refractivity contribution in [2.45, 2.75) is 51.0 Å². The van der Waals surface area contributed by atoms with E-state index in [-0.39, 0.29) is 29.7 Å². The van der Waals surface area contributed by atoms with Crippen LogP contribution in [0.3, 0.4) is 0 Å². The second-order valence-electron chi connectivity index (χ2n) is 5.72. The monoisotopic (exact) mass is 417 g/mol. The smallest absolute Gasteiger partial charge is 0.191 e. The van der Waals surface area contributed by atoms with Gasteiger partial charge in [0.1, 0.15) is 5.75 Å². The molecule has 122 valence electrons. The Hall–Kier alpha value is -1.02. The van der Waals surface area contributed by atoms with Crippen molar-refractivity contribution < 1.29 is 9.84 Å². The Bertz CT molecular complexity index is 507. The number of hydrogen-bond donors (Lipinski definition) is 3. The van der Waals surface area contributed by atoms with E-state index in [9.17, 15) is 5.11 Å². The highest BCUT2D eigenvalue weighted by molar-refractivity contribution is 14.0. The van der Waals surface area contributed by atoms with Gasteiger partial charge in [0.05, 0.1) is 24.8 Å². The molecule has 0 saturated carbocycles. The average Bonchev–Trinajstić information content (AvgIpc) is 3.09. The molecule has 0 amide bonds. The molecule has 5 nitrogen and oxygen atoms in total. The van der Waals surface area contributed by atoms with Crippen molar-refractivity contribution in [2.24, 2.45) is 4.99 Å². The standard InChI is InChI=1S/C16H23N3O2.HI/c1-2-17-16(18-10-11-3-5-12(20)6-4-11)19-14-9-13-7-8-15(14)21-13;/h3-6,13-15,20H,2,7-10H2,1H3,(H2,17,18,19);1H. The summed E-state index contributed by atoms with van der Waals surface area (Å²) in [5.41, 5.74) is 1.08. The number of aromatic hydroxyl groups is 1. The predicted octanol–water partition coefficient (Wildman–Crippen LogP) is 2.39. The number of phenols is 1. The third kappa shape index (κ3) is 4.25. The fraction of sp³-hybridized carbons (Fsp3) is 0.562. The Kier molecular flexibility index (Phi) is 6.31. The minimum atomic E-state index is 0. The lowest BCUT2D eigenvalue weighted by atomic mass is 9.96. The van der Waals surface area contributed by atoms with Crippen LogP contribution < -0.4 is 10.6 Å². The number of fused-ring (bicyclic) bond motifs is 2. The first-order valence-corrected chi connectivity index (χ1v) is 7.73. The molecule has 2 saturated heterocycles. The number of aliphatic imine (C=N–C) groups is 1. The summed E-state index contributed by atoms with van der Waals surface area (Å²) in [5.74, 6) is 1.12. The van der Waals surface area contributed by atoms with Crippen LogP contribution in [0.2, 0.25) is 0 Å². The van der Waals surface area contributed by atoms with Crippen LogP contribution in [0.5, 0.6) is 5.75 Å². The van der Waals surface area contributed by atoms with E-state index in [0.717, 1.165) is 30.9 Å². The molecule has 2 aliphatic heterocycles. The number of ether oxygens (including phenoxy) is 1. The molecule has 1 aromatic rings. The zero-order valence-corrected chi connectivity index (χ0v) is 15.1. The van der Waals surface area contributed by atoms with Crippen LogP contribution in [0.15, 0.2) is 29.3 Å². The fourth-order valence-electron chi connectivity index (χ4n) is 3.06. The molecule has 0 aromatic heterocycles. The summed E-state index contributed by atoms with van der Waals surface area (Å²) in [6.45, 7) is 3.50. The summed E-state index contributed by atoms with van der Waals surface area (Å²) in [7, 11) is 0. The minimum absolute atomic E-state index is 0. The molecule has 6 heteroatoms. The van der Waals surface area contributed by atoms with Crippen molar-refractivity contribution in [2.75, 3.05) is 6.54 Å². The third-order valence-electron chi connectivity index (χ3n) is 4.13. The lowest BCUT2D eigenvalue weighted by molar-refractivity contribution is 0.0992. The second kappa shape index (κ2) is 8.01. The van der Waals surface area contributed by atoms with Gasteiger partial charge in [0, 0.05) is 6.54 Å². The first-order valence-electron chi connectivity index (χ1n) is 7.73. The van der Waals surface area contributed by atoms with Gasteiger partial charge in [-0.25, -0.2) is 4.99 Å². The van der Waals surface area contributed by atoms with Crippen molar-refractivity contribution >= 4 is 29.9 Å². The SMILES string of the molecule is CCNC(=NCc1ccc(O)cc1)NC1CC2CCC1O2.I. The van der Waals surface area contributed by atoms with Gasteiger partial charge < -0.3 is 20.5 Å². The zero-order valence-electron chi connectivity index (χ0n) is 12.8. The van der Waals surface area contributed by atoms with Crippen molar-refractivity contribution in [1.29, 1.82) is 0 Å². The van der Waals surface area contributed by atoms with Crippen LogP contribution in [0, 0.1) is 0 Å². The van der Waals surface area contributed by atoms with Crippen LogP contribution in [-0.4, -0.2) is 35.9 Å². The predicted molar refractivity (Wildman–Crippen MR) is 97.8 cm³/mol. The molecule has 2 aliphatic rings. The molecular weight excluding hydrogens is 393 g/mol. The van der Waals surface area contributed by atoms with Crippen molar-refractivity contribution in [1.82, 2.24) is 10.6 Å². The van der Waals surface area contributed by atoms with Gasteiger partial charge in [-0.3, -0.25) is 0 Å². The number of nitrogens with zero attached hydrogens (tertiary/aromatic N) is 1. The fourth-order valence-corrected chi connectivity index (χ4v) is 3.06. The highest BCUT2D eigenvalue weighted by Gasteiger charge is 2.41. The average molecular weight is 417 g/mol. The van der Waals surface area contributed by atoms with E-state index in [2.05, 4.69) is 22.5 Å². The first-order chi connectivity index (χ1) is 10.2. The van der Waals surface area contributed by atoms with Crippen molar-refractivity contribution in [3.63, 3.8) is 0 Å². The Morgan fingerprint density at radius 1 is 1.32 bits per heavy atom. The molecular formula is C16H24IN3O2. The van der Waals surface area contributed by atoms with E-state index in [1.54, 1.807) is 12.1 Å². The molecule has 2 fully saturated rings. The number of nitrogens with one attached hydrogen (secondary N) is 2. The minimum Gasteiger partial charge on any atom is -0.508 e.